The van der Waals surface area contributed by atoms with E-state index in [0.29, 0.717) is 31.5 Å². The van der Waals surface area contributed by atoms with Gasteiger partial charge in [0.2, 0.25) is 5.56 Å². The Morgan fingerprint density at radius 1 is 0.872 bits per heavy atom. The molecule has 1 aromatic heterocycles. The molecule has 0 saturated carbocycles. The predicted molar refractivity (Wildman–Crippen MR) is 184 cm³/mol. The Hall–Kier alpha value is -4.98. The van der Waals surface area contributed by atoms with Crippen LogP contribution in [-0.2, 0) is 11.8 Å². The maximum Gasteiger partial charge on any atom is 0.410 e. The summed E-state index contributed by atoms with van der Waals surface area (Å²) in [6.07, 6.45) is 2.82. The van der Waals surface area contributed by atoms with E-state index in [-0.39, 0.29) is 29.4 Å². The van der Waals surface area contributed by atoms with E-state index in [0.717, 1.165) is 39.0 Å². The van der Waals surface area contributed by atoms with Crippen LogP contribution in [0.2, 0.25) is 0 Å². The number of aromatic nitrogens is 1. The summed E-state index contributed by atoms with van der Waals surface area (Å²) in [5, 5.41) is 3.12. The average molecular weight is 636 g/mol. The van der Waals surface area contributed by atoms with Gasteiger partial charge in [0, 0.05) is 38.0 Å². The van der Waals surface area contributed by atoms with E-state index < -0.39 is 5.60 Å². The molecule has 1 fully saturated rings. The third-order valence-electron chi connectivity index (χ3n) is 8.45. The lowest BCUT2D eigenvalue weighted by atomic mass is 9.88. The number of hydrogen-bond donors (Lipinski definition) is 1. The van der Waals surface area contributed by atoms with Gasteiger partial charge in [-0.1, -0.05) is 48.0 Å². The van der Waals surface area contributed by atoms with Crippen molar-refractivity contribution in [1.29, 1.82) is 0 Å². The summed E-state index contributed by atoms with van der Waals surface area (Å²) in [4.78, 5) is 39.6. The van der Waals surface area contributed by atoms with Gasteiger partial charge < -0.3 is 19.5 Å². The molecular formula is C39H42FN3O4. The van der Waals surface area contributed by atoms with Crippen LogP contribution in [0, 0.1) is 12.7 Å². The number of hydrogen-bond acceptors (Lipinski definition) is 4. The molecule has 1 saturated heterocycles. The van der Waals surface area contributed by atoms with Crippen molar-refractivity contribution in [1.82, 2.24) is 14.8 Å². The number of benzene rings is 3. The van der Waals surface area contributed by atoms with Gasteiger partial charge in [-0.15, -0.1) is 0 Å². The minimum absolute atomic E-state index is 0.0929. The zero-order chi connectivity index (χ0) is 33.9. The van der Waals surface area contributed by atoms with Crippen LogP contribution in [0.15, 0.2) is 95.4 Å². The predicted octanol–water partition coefficient (Wildman–Crippen LogP) is 7.82. The smallest absolute Gasteiger partial charge is 0.410 e. The van der Waals surface area contributed by atoms with E-state index in [1.54, 1.807) is 42.4 Å². The SMILES string of the molecule is Cc1ccc(C(=O)N[C@H](C)c2ccc(C(=C3CCN(C(=O)OC(C)(C)C)CC3)c3ccc(F)cc3)cc2)cc1-c1ccc(=O)n(C)c1. The van der Waals surface area contributed by atoms with Gasteiger partial charge in [-0.3, -0.25) is 9.59 Å². The van der Waals surface area contributed by atoms with Crippen LogP contribution < -0.4 is 10.9 Å². The number of ether oxygens (including phenoxy) is 1. The van der Waals surface area contributed by atoms with Crippen LogP contribution in [0.25, 0.3) is 16.7 Å². The highest BCUT2D eigenvalue weighted by Gasteiger charge is 2.26. The maximum absolute atomic E-state index is 13.9. The molecule has 1 N–H and O–H groups in total. The first-order valence-corrected chi connectivity index (χ1v) is 15.9. The Labute approximate surface area is 275 Å². The summed E-state index contributed by atoms with van der Waals surface area (Å²) < 4.78 is 21.0. The number of nitrogens with one attached hydrogen (secondary N) is 1. The highest BCUT2D eigenvalue weighted by atomic mass is 19.1. The second-order valence-electron chi connectivity index (χ2n) is 13.2. The number of halogens is 1. The fraction of sp³-hybridized carbons (Fsp3) is 0.308. The summed E-state index contributed by atoms with van der Waals surface area (Å²) in [5.74, 6) is -0.494. The summed E-state index contributed by atoms with van der Waals surface area (Å²) in [6, 6.07) is 23.2. The summed E-state index contributed by atoms with van der Waals surface area (Å²) in [6.45, 7) is 10.6. The van der Waals surface area contributed by atoms with Gasteiger partial charge in [0.05, 0.1) is 6.04 Å². The number of carbonyl (C=O) groups excluding carboxylic acids is 2. The van der Waals surface area contributed by atoms with Crippen LogP contribution in [0.3, 0.4) is 0 Å². The molecule has 0 radical (unpaired) electrons. The lowest BCUT2D eigenvalue weighted by Crippen LogP contribution is -2.40. The monoisotopic (exact) mass is 635 g/mol. The number of likely N-dealkylation sites (tertiary alicyclic amines) is 1. The molecule has 0 unspecified atom stereocenters. The largest absolute Gasteiger partial charge is 0.444 e. The Kier molecular flexibility index (Phi) is 9.80. The first kappa shape index (κ1) is 33.4. The molecule has 0 spiro atoms. The molecule has 4 aromatic rings. The first-order chi connectivity index (χ1) is 22.3. The van der Waals surface area contributed by atoms with E-state index in [4.69, 9.17) is 4.74 Å². The zero-order valence-corrected chi connectivity index (χ0v) is 27.9. The molecule has 0 bridgehead atoms. The zero-order valence-electron chi connectivity index (χ0n) is 27.9. The van der Waals surface area contributed by atoms with Gasteiger partial charge >= 0.3 is 6.09 Å². The number of piperidine rings is 1. The van der Waals surface area contributed by atoms with Crippen LogP contribution in [-0.4, -0.2) is 40.2 Å². The van der Waals surface area contributed by atoms with Crippen molar-refractivity contribution in [2.45, 2.75) is 59.1 Å². The van der Waals surface area contributed by atoms with Crippen LogP contribution in [0.1, 0.15) is 79.2 Å². The van der Waals surface area contributed by atoms with Gasteiger partial charge in [0.25, 0.3) is 5.91 Å². The van der Waals surface area contributed by atoms with Crippen molar-refractivity contribution in [2.75, 3.05) is 13.1 Å². The first-order valence-electron chi connectivity index (χ1n) is 15.9. The summed E-state index contributed by atoms with van der Waals surface area (Å²) in [5.41, 5.74) is 7.71. The maximum atomic E-state index is 13.9. The number of aryl methyl sites for hydroxylation is 2. The average Bonchev–Trinajstić information content (AvgIpc) is 3.03. The number of amides is 2. The highest BCUT2D eigenvalue weighted by Crippen LogP contribution is 2.34. The van der Waals surface area contributed by atoms with Crippen molar-refractivity contribution in [3.05, 3.63) is 135 Å². The van der Waals surface area contributed by atoms with Crippen molar-refractivity contribution in [3.8, 4) is 11.1 Å². The number of carbonyl (C=O) groups is 2. The van der Waals surface area contributed by atoms with Crippen molar-refractivity contribution >= 4 is 17.6 Å². The van der Waals surface area contributed by atoms with E-state index in [9.17, 15) is 18.8 Å². The van der Waals surface area contributed by atoms with Gasteiger partial charge in [0.15, 0.2) is 0 Å². The Balaban J connectivity index is 1.35. The van der Waals surface area contributed by atoms with Gasteiger partial charge in [-0.2, -0.15) is 0 Å². The Morgan fingerprint density at radius 3 is 2.06 bits per heavy atom. The third kappa shape index (κ3) is 8.06. The van der Waals surface area contributed by atoms with Gasteiger partial charge in [-0.05, 0) is 117 Å². The lowest BCUT2D eigenvalue weighted by Gasteiger charge is -2.32. The molecule has 3 aromatic carbocycles. The summed E-state index contributed by atoms with van der Waals surface area (Å²) in [7, 11) is 1.71. The topological polar surface area (TPSA) is 80.6 Å². The number of pyridine rings is 1. The molecule has 7 nitrogen and oxygen atoms in total. The third-order valence-corrected chi connectivity index (χ3v) is 8.45. The van der Waals surface area contributed by atoms with Crippen molar-refractivity contribution in [3.63, 3.8) is 0 Å². The molecule has 47 heavy (non-hydrogen) atoms. The quantitative estimate of drug-likeness (QED) is 0.234. The number of rotatable bonds is 6. The fourth-order valence-electron chi connectivity index (χ4n) is 5.86. The van der Waals surface area contributed by atoms with E-state index in [1.165, 1.54) is 28.3 Å². The second-order valence-corrected chi connectivity index (χ2v) is 13.2. The standard InChI is InChI=1S/C39H42FN3O4/c1-25-7-8-31(23-34(25)32-15-18-35(44)42(6)24-32)37(45)41-26(2)27-9-11-28(12-10-27)36(29-13-16-33(40)17-14-29)30-19-21-43(22-20-30)38(46)47-39(3,4)5/h7-18,23-24,26H,19-22H2,1-6H3,(H,41,45)/t26-/m1/s1. The van der Waals surface area contributed by atoms with E-state index in [1.807, 2.05) is 71.0 Å². The van der Waals surface area contributed by atoms with Crippen LogP contribution >= 0.6 is 0 Å². The molecule has 2 amide bonds. The summed E-state index contributed by atoms with van der Waals surface area (Å²) >= 11 is 0. The van der Waals surface area contributed by atoms with Crippen LogP contribution in [0.4, 0.5) is 9.18 Å². The molecular weight excluding hydrogens is 593 g/mol. The van der Waals surface area contributed by atoms with Gasteiger partial charge in [0.1, 0.15) is 11.4 Å². The Morgan fingerprint density at radius 2 is 1.47 bits per heavy atom. The molecule has 1 atom stereocenters. The van der Waals surface area contributed by atoms with E-state index in [2.05, 4.69) is 5.32 Å². The highest BCUT2D eigenvalue weighted by molar-refractivity contribution is 5.96. The normalized spacial score (nSPS) is 14.0. The lowest BCUT2D eigenvalue weighted by molar-refractivity contribution is 0.0236. The Bertz CT molecular complexity index is 1860. The van der Waals surface area contributed by atoms with Crippen molar-refractivity contribution < 1.29 is 18.7 Å². The molecule has 2 heterocycles. The molecule has 1 aliphatic heterocycles. The minimum atomic E-state index is -0.557. The molecule has 244 valence electrons. The molecule has 5 rings (SSSR count). The minimum Gasteiger partial charge on any atom is -0.444 e. The fourth-order valence-corrected chi connectivity index (χ4v) is 5.86. The number of nitrogens with zero attached hydrogens (tertiary/aromatic N) is 2. The molecule has 1 aliphatic rings. The molecule has 8 heteroatoms. The van der Waals surface area contributed by atoms with E-state index >= 15 is 0 Å². The molecule has 0 aliphatic carbocycles. The van der Waals surface area contributed by atoms with Gasteiger partial charge in [-0.25, -0.2) is 9.18 Å². The van der Waals surface area contributed by atoms with Crippen molar-refractivity contribution in [2.24, 2.45) is 7.05 Å². The second kappa shape index (κ2) is 13.8. The van der Waals surface area contributed by atoms with Crippen LogP contribution in [0.5, 0.6) is 0 Å².